The average molecular weight is 300 g/mol. The smallest absolute Gasteiger partial charge is 0.268 e. The van der Waals surface area contributed by atoms with Crippen LogP contribution in [0.15, 0.2) is 34.7 Å². The summed E-state index contributed by atoms with van der Waals surface area (Å²) in [6.45, 7) is 1.50. The van der Waals surface area contributed by atoms with Gasteiger partial charge in [-0.2, -0.15) is 0 Å². The van der Waals surface area contributed by atoms with Crippen molar-refractivity contribution in [1.82, 2.24) is 19.9 Å². The number of hydrogen-bond donors (Lipinski definition) is 2. The van der Waals surface area contributed by atoms with E-state index in [0.717, 1.165) is 12.1 Å². The predicted octanol–water partition coefficient (Wildman–Crippen LogP) is 2.09. The van der Waals surface area contributed by atoms with Crippen LogP contribution in [-0.2, 0) is 13.1 Å². The van der Waals surface area contributed by atoms with Crippen LogP contribution in [0, 0.1) is 0 Å². The van der Waals surface area contributed by atoms with Crippen LogP contribution < -0.4 is 10.9 Å². The van der Waals surface area contributed by atoms with Crippen LogP contribution in [0.5, 0.6) is 0 Å². The van der Waals surface area contributed by atoms with E-state index in [2.05, 4.69) is 32.1 Å². The normalized spacial score (nSPS) is 14.9. The van der Waals surface area contributed by atoms with Gasteiger partial charge in [0.05, 0.1) is 12.1 Å². The first-order chi connectivity index (χ1) is 10.3. The molecule has 2 N–H and O–H groups in total. The van der Waals surface area contributed by atoms with Crippen molar-refractivity contribution >= 4 is 21.6 Å². The molecule has 0 aliphatic heterocycles. The lowest BCUT2D eigenvalue weighted by Gasteiger charge is -2.03. The van der Waals surface area contributed by atoms with Crippen LogP contribution in [0.4, 0.5) is 0 Å². The molecule has 108 valence electrons. The van der Waals surface area contributed by atoms with Crippen molar-refractivity contribution in [2.45, 2.75) is 32.0 Å². The molecule has 3 aromatic heterocycles. The molecule has 5 nitrogen and oxygen atoms in total. The molecule has 0 radical (unpaired) electrons. The Bertz CT molecular complexity index is 827. The number of fused-ring (bicyclic) bond motifs is 1. The lowest BCUT2D eigenvalue weighted by atomic mass is 10.3. The number of nitrogens with one attached hydrogen (secondary N) is 2. The molecule has 21 heavy (non-hydrogen) atoms. The zero-order valence-corrected chi connectivity index (χ0v) is 12.3. The topological polar surface area (TPSA) is 62.7 Å². The molecule has 0 atom stereocenters. The van der Waals surface area contributed by atoms with Crippen LogP contribution in [-0.4, -0.2) is 20.6 Å². The summed E-state index contributed by atoms with van der Waals surface area (Å²) >= 11 is 1.43. The Morgan fingerprint density at radius 3 is 3.19 bits per heavy atom. The third kappa shape index (κ3) is 2.77. The summed E-state index contributed by atoms with van der Waals surface area (Å²) in [5.74, 6) is 0.697. The van der Waals surface area contributed by atoms with E-state index in [1.807, 2.05) is 17.6 Å². The molecular formula is C15H16N4OS. The molecule has 1 fully saturated rings. The second-order valence-electron chi connectivity index (χ2n) is 5.49. The number of hydrogen-bond acceptors (Lipinski definition) is 4. The highest BCUT2D eigenvalue weighted by molar-refractivity contribution is 7.17. The number of aromatic amines is 1. The van der Waals surface area contributed by atoms with E-state index in [-0.39, 0.29) is 5.56 Å². The van der Waals surface area contributed by atoms with Crippen molar-refractivity contribution < 1.29 is 0 Å². The number of aromatic nitrogens is 3. The van der Waals surface area contributed by atoms with Crippen LogP contribution >= 0.6 is 11.3 Å². The third-order valence-corrected chi connectivity index (χ3v) is 4.58. The molecule has 3 heterocycles. The molecule has 0 bridgehead atoms. The molecule has 3 aromatic rings. The fourth-order valence-corrected chi connectivity index (χ4v) is 3.14. The number of H-pyrrole nitrogens is 1. The first kappa shape index (κ1) is 12.8. The zero-order chi connectivity index (χ0) is 14.2. The summed E-state index contributed by atoms with van der Waals surface area (Å²) in [5.41, 5.74) is 2.00. The Labute approximate surface area is 125 Å². The van der Waals surface area contributed by atoms with Gasteiger partial charge in [-0.1, -0.05) is 0 Å². The molecule has 1 aliphatic rings. The summed E-state index contributed by atoms with van der Waals surface area (Å²) in [5, 5.41) is 5.39. The standard InChI is InChI=1S/C15H16N4OS/c20-15-14-12(4-6-21-14)17-13(18-15)9-19-5-3-10(8-19)7-16-11-1-2-11/h3-6,8,11,16H,1-2,7,9H2,(H,17,18,20). The van der Waals surface area contributed by atoms with Gasteiger partial charge in [-0.15, -0.1) is 11.3 Å². The molecule has 0 aromatic carbocycles. The first-order valence-electron chi connectivity index (χ1n) is 7.12. The van der Waals surface area contributed by atoms with Gasteiger partial charge in [0.25, 0.3) is 5.56 Å². The van der Waals surface area contributed by atoms with E-state index in [1.54, 1.807) is 0 Å². The quantitative estimate of drug-likeness (QED) is 0.758. The Hall–Kier alpha value is -1.92. The first-order valence-corrected chi connectivity index (χ1v) is 8.00. The van der Waals surface area contributed by atoms with E-state index in [4.69, 9.17) is 0 Å². The van der Waals surface area contributed by atoms with E-state index >= 15 is 0 Å². The van der Waals surface area contributed by atoms with Gasteiger partial charge in [-0.3, -0.25) is 4.79 Å². The highest BCUT2D eigenvalue weighted by Crippen LogP contribution is 2.19. The maximum absolute atomic E-state index is 11.9. The third-order valence-electron chi connectivity index (χ3n) is 3.68. The van der Waals surface area contributed by atoms with E-state index in [1.165, 1.54) is 29.7 Å². The summed E-state index contributed by atoms with van der Waals surface area (Å²) in [7, 11) is 0. The Kier molecular flexibility index (Phi) is 3.12. The largest absolute Gasteiger partial charge is 0.346 e. The number of rotatable bonds is 5. The fourth-order valence-electron chi connectivity index (χ4n) is 2.41. The molecule has 4 rings (SSSR count). The summed E-state index contributed by atoms with van der Waals surface area (Å²) in [4.78, 5) is 19.3. The van der Waals surface area contributed by atoms with Crippen molar-refractivity contribution in [3.05, 3.63) is 51.6 Å². The van der Waals surface area contributed by atoms with Crippen LogP contribution in [0.25, 0.3) is 10.2 Å². The van der Waals surface area contributed by atoms with Crippen molar-refractivity contribution in [1.29, 1.82) is 0 Å². The summed E-state index contributed by atoms with van der Waals surface area (Å²) in [6.07, 6.45) is 6.73. The summed E-state index contributed by atoms with van der Waals surface area (Å²) in [6, 6.07) is 4.71. The maximum Gasteiger partial charge on any atom is 0.268 e. The zero-order valence-electron chi connectivity index (χ0n) is 11.5. The second kappa shape index (κ2) is 5.13. The van der Waals surface area contributed by atoms with Gasteiger partial charge in [0.15, 0.2) is 0 Å². The van der Waals surface area contributed by atoms with Crippen molar-refractivity contribution in [3.8, 4) is 0 Å². The molecule has 1 aliphatic carbocycles. The lowest BCUT2D eigenvalue weighted by molar-refractivity contribution is 0.683. The van der Waals surface area contributed by atoms with E-state index in [9.17, 15) is 4.79 Å². The van der Waals surface area contributed by atoms with Crippen LogP contribution in [0.1, 0.15) is 24.2 Å². The van der Waals surface area contributed by atoms with E-state index in [0.29, 0.717) is 23.1 Å². The van der Waals surface area contributed by atoms with Gasteiger partial charge in [0.2, 0.25) is 0 Å². The molecular weight excluding hydrogens is 284 g/mol. The molecule has 0 amide bonds. The molecule has 1 saturated carbocycles. The fraction of sp³-hybridized carbons (Fsp3) is 0.333. The Morgan fingerprint density at radius 1 is 1.43 bits per heavy atom. The molecule has 0 saturated heterocycles. The maximum atomic E-state index is 11.9. The van der Waals surface area contributed by atoms with Gasteiger partial charge >= 0.3 is 0 Å². The minimum absolute atomic E-state index is 0.0484. The van der Waals surface area contributed by atoms with Gasteiger partial charge in [0, 0.05) is 25.0 Å². The highest BCUT2D eigenvalue weighted by atomic mass is 32.1. The summed E-state index contributed by atoms with van der Waals surface area (Å²) < 4.78 is 2.75. The van der Waals surface area contributed by atoms with Gasteiger partial charge in [0.1, 0.15) is 10.5 Å². The molecule has 0 spiro atoms. The minimum atomic E-state index is -0.0484. The van der Waals surface area contributed by atoms with Gasteiger partial charge < -0.3 is 14.9 Å². The van der Waals surface area contributed by atoms with Crippen LogP contribution in [0.2, 0.25) is 0 Å². The Balaban J connectivity index is 1.52. The lowest BCUT2D eigenvalue weighted by Crippen LogP contribution is -2.15. The second-order valence-corrected chi connectivity index (χ2v) is 6.41. The Morgan fingerprint density at radius 2 is 2.33 bits per heavy atom. The predicted molar refractivity (Wildman–Crippen MR) is 83.6 cm³/mol. The van der Waals surface area contributed by atoms with E-state index < -0.39 is 0 Å². The number of nitrogens with zero attached hydrogens (tertiary/aromatic N) is 2. The van der Waals surface area contributed by atoms with Crippen molar-refractivity contribution in [2.24, 2.45) is 0 Å². The SMILES string of the molecule is O=c1[nH]c(Cn2ccc(CNC3CC3)c2)nc2ccsc12. The van der Waals surface area contributed by atoms with Crippen molar-refractivity contribution in [3.63, 3.8) is 0 Å². The number of thiophene rings is 1. The average Bonchev–Trinajstić information content (AvgIpc) is 2.98. The molecule has 0 unspecified atom stereocenters. The van der Waals surface area contributed by atoms with Gasteiger partial charge in [-0.05, 0) is 35.9 Å². The van der Waals surface area contributed by atoms with Crippen molar-refractivity contribution in [2.75, 3.05) is 0 Å². The van der Waals surface area contributed by atoms with Gasteiger partial charge in [-0.25, -0.2) is 4.98 Å². The van der Waals surface area contributed by atoms with Crippen LogP contribution in [0.3, 0.4) is 0 Å². The highest BCUT2D eigenvalue weighted by Gasteiger charge is 2.20. The minimum Gasteiger partial charge on any atom is -0.346 e. The monoisotopic (exact) mass is 300 g/mol. The molecule has 6 heteroatoms.